The molecule has 9 heteroatoms. The Bertz CT molecular complexity index is 851. The highest BCUT2D eigenvalue weighted by atomic mass is 19.1. The van der Waals surface area contributed by atoms with Crippen LogP contribution >= 0.6 is 0 Å². The SMILES string of the molecule is O=C(/C=C/c1cccc([N+](=O)[O-])c1)Nc1ccc(F)c([N+](=O)[O-])c1. The highest BCUT2D eigenvalue weighted by Crippen LogP contribution is 2.21. The van der Waals surface area contributed by atoms with Gasteiger partial charge in [-0.15, -0.1) is 0 Å². The fraction of sp³-hybridized carbons (Fsp3) is 0. The van der Waals surface area contributed by atoms with E-state index in [1.807, 2.05) is 0 Å². The number of hydrogen-bond acceptors (Lipinski definition) is 5. The summed E-state index contributed by atoms with van der Waals surface area (Å²) < 4.78 is 13.2. The van der Waals surface area contributed by atoms with Crippen molar-refractivity contribution in [1.82, 2.24) is 0 Å². The molecule has 0 aliphatic heterocycles. The molecule has 0 saturated carbocycles. The minimum Gasteiger partial charge on any atom is -0.322 e. The fourth-order valence-electron chi connectivity index (χ4n) is 1.83. The topological polar surface area (TPSA) is 115 Å². The third-order valence-electron chi connectivity index (χ3n) is 2.92. The maximum absolute atomic E-state index is 13.2. The van der Waals surface area contributed by atoms with Crippen LogP contribution in [-0.2, 0) is 4.79 Å². The average molecular weight is 331 g/mol. The number of carbonyl (C=O) groups excluding carboxylic acids is 1. The third-order valence-corrected chi connectivity index (χ3v) is 2.92. The number of carbonyl (C=O) groups is 1. The molecule has 2 rings (SSSR count). The first-order valence-electron chi connectivity index (χ1n) is 6.54. The number of nitro groups is 2. The number of benzene rings is 2. The molecule has 0 saturated heterocycles. The quantitative estimate of drug-likeness (QED) is 0.513. The van der Waals surface area contributed by atoms with Gasteiger partial charge >= 0.3 is 5.69 Å². The Kier molecular flexibility index (Phi) is 4.95. The van der Waals surface area contributed by atoms with Crippen molar-refractivity contribution in [3.63, 3.8) is 0 Å². The smallest absolute Gasteiger partial charge is 0.306 e. The Balaban J connectivity index is 2.11. The number of anilines is 1. The molecule has 24 heavy (non-hydrogen) atoms. The fourth-order valence-corrected chi connectivity index (χ4v) is 1.83. The van der Waals surface area contributed by atoms with Gasteiger partial charge in [-0.05, 0) is 23.8 Å². The van der Waals surface area contributed by atoms with Gasteiger partial charge in [0.1, 0.15) is 0 Å². The summed E-state index contributed by atoms with van der Waals surface area (Å²) in [6, 6.07) is 8.59. The molecule has 0 heterocycles. The van der Waals surface area contributed by atoms with Crippen LogP contribution < -0.4 is 5.32 Å². The summed E-state index contributed by atoms with van der Waals surface area (Å²) >= 11 is 0. The van der Waals surface area contributed by atoms with Gasteiger partial charge in [-0.1, -0.05) is 12.1 Å². The minimum atomic E-state index is -1.01. The first-order valence-corrected chi connectivity index (χ1v) is 6.54. The molecule has 8 nitrogen and oxygen atoms in total. The van der Waals surface area contributed by atoms with E-state index in [9.17, 15) is 29.4 Å². The molecule has 0 fully saturated rings. The molecule has 2 aromatic rings. The van der Waals surface area contributed by atoms with Crippen LogP contribution in [0.3, 0.4) is 0 Å². The Morgan fingerprint density at radius 3 is 2.50 bits per heavy atom. The van der Waals surface area contributed by atoms with Crippen LogP contribution in [-0.4, -0.2) is 15.8 Å². The second-order valence-corrected chi connectivity index (χ2v) is 4.60. The Labute approximate surface area is 134 Å². The normalized spacial score (nSPS) is 10.5. The van der Waals surface area contributed by atoms with Gasteiger partial charge < -0.3 is 5.32 Å². The Hall–Kier alpha value is -3.62. The van der Waals surface area contributed by atoms with E-state index in [-0.39, 0.29) is 11.4 Å². The second kappa shape index (κ2) is 7.09. The number of nitrogens with one attached hydrogen (secondary N) is 1. The summed E-state index contributed by atoms with van der Waals surface area (Å²) in [6.07, 6.45) is 2.45. The third kappa shape index (κ3) is 4.19. The van der Waals surface area contributed by atoms with Crippen molar-refractivity contribution >= 4 is 29.0 Å². The standard InChI is InChI=1S/C15H10FN3O5/c16-13-6-5-11(9-14(13)19(23)24)17-15(20)7-4-10-2-1-3-12(8-10)18(21)22/h1-9H,(H,17,20)/b7-4+. The molecule has 2 aromatic carbocycles. The number of nitrogens with zero attached hydrogens (tertiary/aromatic N) is 2. The van der Waals surface area contributed by atoms with Gasteiger partial charge in [-0.3, -0.25) is 25.0 Å². The summed E-state index contributed by atoms with van der Waals surface area (Å²) in [6.45, 7) is 0. The summed E-state index contributed by atoms with van der Waals surface area (Å²) in [5.41, 5.74) is -0.386. The number of amides is 1. The Morgan fingerprint density at radius 2 is 1.83 bits per heavy atom. The van der Waals surface area contributed by atoms with Gasteiger partial charge in [0.25, 0.3) is 5.69 Å². The van der Waals surface area contributed by atoms with Crippen LogP contribution in [0, 0.1) is 26.0 Å². The summed E-state index contributed by atoms with van der Waals surface area (Å²) in [5, 5.41) is 23.6. The maximum Gasteiger partial charge on any atom is 0.306 e. The second-order valence-electron chi connectivity index (χ2n) is 4.60. The van der Waals surface area contributed by atoms with Crippen LogP contribution in [0.5, 0.6) is 0 Å². The lowest BCUT2D eigenvalue weighted by atomic mass is 10.2. The number of rotatable bonds is 5. The molecular weight excluding hydrogens is 321 g/mol. The lowest BCUT2D eigenvalue weighted by molar-refractivity contribution is -0.387. The molecule has 0 aromatic heterocycles. The van der Waals surface area contributed by atoms with E-state index in [1.54, 1.807) is 6.07 Å². The van der Waals surface area contributed by atoms with Crippen molar-refractivity contribution in [2.45, 2.75) is 0 Å². The molecule has 0 spiro atoms. The van der Waals surface area contributed by atoms with E-state index in [4.69, 9.17) is 0 Å². The predicted molar refractivity (Wildman–Crippen MR) is 83.8 cm³/mol. The number of hydrogen-bond donors (Lipinski definition) is 1. The molecular formula is C15H10FN3O5. The predicted octanol–water partition coefficient (Wildman–Crippen LogP) is 3.29. The number of non-ortho nitro benzene ring substituents is 1. The first kappa shape index (κ1) is 16.7. The van der Waals surface area contributed by atoms with Crippen LogP contribution in [0.4, 0.5) is 21.5 Å². The van der Waals surface area contributed by atoms with Crippen molar-refractivity contribution in [3.05, 3.63) is 80.1 Å². The lowest BCUT2D eigenvalue weighted by Crippen LogP contribution is -2.08. The molecule has 0 radical (unpaired) electrons. The van der Waals surface area contributed by atoms with Crippen LogP contribution in [0.1, 0.15) is 5.56 Å². The molecule has 0 bridgehead atoms. The van der Waals surface area contributed by atoms with E-state index in [0.29, 0.717) is 5.56 Å². The van der Waals surface area contributed by atoms with Crippen molar-refractivity contribution in [1.29, 1.82) is 0 Å². The first-order chi connectivity index (χ1) is 11.4. The van der Waals surface area contributed by atoms with E-state index < -0.39 is 27.3 Å². The Morgan fingerprint density at radius 1 is 1.08 bits per heavy atom. The monoisotopic (exact) mass is 331 g/mol. The maximum atomic E-state index is 13.2. The summed E-state index contributed by atoms with van der Waals surface area (Å²) in [7, 11) is 0. The van der Waals surface area contributed by atoms with Crippen molar-refractivity contribution in [2.24, 2.45) is 0 Å². The van der Waals surface area contributed by atoms with E-state index in [2.05, 4.69) is 5.32 Å². The largest absolute Gasteiger partial charge is 0.322 e. The highest BCUT2D eigenvalue weighted by Gasteiger charge is 2.14. The van der Waals surface area contributed by atoms with Gasteiger partial charge in [0.15, 0.2) is 0 Å². The molecule has 0 atom stereocenters. The van der Waals surface area contributed by atoms with Gasteiger partial charge in [0.05, 0.1) is 9.85 Å². The summed E-state index contributed by atoms with van der Waals surface area (Å²) in [5.74, 6) is -1.63. The number of nitro benzene ring substituents is 2. The van der Waals surface area contributed by atoms with E-state index >= 15 is 0 Å². The van der Waals surface area contributed by atoms with Gasteiger partial charge in [0.2, 0.25) is 11.7 Å². The van der Waals surface area contributed by atoms with Gasteiger partial charge in [-0.25, -0.2) is 0 Å². The molecule has 1 amide bonds. The van der Waals surface area contributed by atoms with Crippen molar-refractivity contribution in [3.8, 4) is 0 Å². The zero-order valence-electron chi connectivity index (χ0n) is 12.0. The lowest BCUT2D eigenvalue weighted by Gasteiger charge is -2.02. The zero-order valence-corrected chi connectivity index (χ0v) is 12.0. The van der Waals surface area contributed by atoms with Crippen molar-refractivity contribution in [2.75, 3.05) is 5.32 Å². The average Bonchev–Trinajstić information content (AvgIpc) is 2.54. The van der Waals surface area contributed by atoms with Crippen molar-refractivity contribution < 1.29 is 19.0 Å². The van der Waals surface area contributed by atoms with Gasteiger partial charge in [0, 0.05) is 30.0 Å². The molecule has 0 aliphatic rings. The minimum absolute atomic E-state index is 0.0526. The van der Waals surface area contributed by atoms with Gasteiger partial charge in [-0.2, -0.15) is 4.39 Å². The van der Waals surface area contributed by atoms with Crippen LogP contribution in [0.15, 0.2) is 48.5 Å². The molecule has 0 unspecified atom stereocenters. The van der Waals surface area contributed by atoms with Crippen LogP contribution in [0.25, 0.3) is 6.08 Å². The van der Waals surface area contributed by atoms with E-state index in [1.165, 1.54) is 30.3 Å². The van der Waals surface area contributed by atoms with E-state index in [0.717, 1.165) is 18.2 Å². The van der Waals surface area contributed by atoms with Crippen LogP contribution in [0.2, 0.25) is 0 Å². The molecule has 122 valence electrons. The zero-order chi connectivity index (χ0) is 17.7. The highest BCUT2D eigenvalue weighted by molar-refractivity contribution is 6.02. The molecule has 1 N–H and O–H groups in total. The summed E-state index contributed by atoms with van der Waals surface area (Å²) in [4.78, 5) is 31.6. The molecule has 0 aliphatic carbocycles. The number of halogens is 1.